The molecule has 0 aliphatic carbocycles. The van der Waals surface area contributed by atoms with E-state index in [-0.39, 0.29) is 6.61 Å². The number of rotatable bonds is 8. The van der Waals surface area contributed by atoms with Crippen LogP contribution in [0.2, 0.25) is 0 Å². The Morgan fingerprint density at radius 1 is 0.815 bits per heavy atom. The van der Waals surface area contributed by atoms with Crippen LogP contribution in [0.3, 0.4) is 0 Å². The molecule has 4 heteroatoms. The van der Waals surface area contributed by atoms with E-state index in [2.05, 4.69) is 0 Å². The van der Waals surface area contributed by atoms with Crippen LogP contribution in [0.15, 0.2) is 91.0 Å². The molecule has 0 aliphatic rings. The fourth-order valence-electron chi connectivity index (χ4n) is 3.24. The minimum absolute atomic E-state index is 0.0520. The Balaban J connectivity index is 2.27. The SMILES string of the molecule is COCC(OC(c1ccccc1)(c1ccccc1)c1ccccc1)C(=O)O. The molecule has 0 saturated heterocycles. The Bertz CT molecular complexity index is 751. The zero-order valence-corrected chi connectivity index (χ0v) is 15.1. The Kier molecular flexibility index (Phi) is 6.01. The average molecular weight is 362 g/mol. The van der Waals surface area contributed by atoms with E-state index in [1.165, 1.54) is 7.11 Å². The molecule has 3 aromatic carbocycles. The number of hydrogen-bond donors (Lipinski definition) is 1. The first kappa shape index (κ1) is 18.8. The first-order chi connectivity index (χ1) is 13.2. The summed E-state index contributed by atoms with van der Waals surface area (Å²) >= 11 is 0. The first-order valence-electron chi connectivity index (χ1n) is 8.74. The zero-order chi connectivity index (χ0) is 19.1. The van der Waals surface area contributed by atoms with Crippen LogP contribution >= 0.6 is 0 Å². The van der Waals surface area contributed by atoms with Gasteiger partial charge in [0.05, 0.1) is 6.61 Å². The van der Waals surface area contributed by atoms with Crippen molar-refractivity contribution in [3.63, 3.8) is 0 Å². The number of carboxylic acid groups (broad SMARTS) is 1. The fourth-order valence-corrected chi connectivity index (χ4v) is 3.24. The lowest BCUT2D eigenvalue weighted by Gasteiger charge is -2.37. The summed E-state index contributed by atoms with van der Waals surface area (Å²) in [6.45, 7) is -0.0520. The molecule has 27 heavy (non-hydrogen) atoms. The summed E-state index contributed by atoms with van der Waals surface area (Å²) in [7, 11) is 1.47. The molecule has 0 fully saturated rings. The number of methoxy groups -OCH3 is 1. The van der Waals surface area contributed by atoms with Crippen molar-refractivity contribution in [2.24, 2.45) is 0 Å². The van der Waals surface area contributed by atoms with Gasteiger partial charge in [-0.3, -0.25) is 0 Å². The lowest BCUT2D eigenvalue weighted by molar-refractivity contribution is -0.163. The normalized spacial score (nSPS) is 12.5. The van der Waals surface area contributed by atoms with E-state index in [0.29, 0.717) is 0 Å². The summed E-state index contributed by atoms with van der Waals surface area (Å²) in [6, 6.07) is 29.0. The van der Waals surface area contributed by atoms with Crippen LogP contribution in [-0.2, 0) is 19.9 Å². The summed E-state index contributed by atoms with van der Waals surface area (Å²) in [4.78, 5) is 11.9. The van der Waals surface area contributed by atoms with Gasteiger partial charge in [-0.1, -0.05) is 91.0 Å². The maximum absolute atomic E-state index is 11.9. The van der Waals surface area contributed by atoms with Gasteiger partial charge in [-0.05, 0) is 16.7 Å². The molecule has 0 saturated carbocycles. The van der Waals surface area contributed by atoms with Crippen molar-refractivity contribution in [3.05, 3.63) is 108 Å². The van der Waals surface area contributed by atoms with E-state index in [4.69, 9.17) is 9.47 Å². The topological polar surface area (TPSA) is 55.8 Å². The molecule has 4 nitrogen and oxygen atoms in total. The molecule has 0 aromatic heterocycles. The van der Waals surface area contributed by atoms with Crippen molar-refractivity contribution in [2.45, 2.75) is 11.7 Å². The van der Waals surface area contributed by atoms with Crippen LogP contribution in [0, 0.1) is 0 Å². The standard InChI is InChI=1S/C23H22O4/c1-26-17-21(22(24)25)27-23(18-11-5-2-6-12-18,19-13-7-3-8-14-19)20-15-9-4-10-16-20/h2-16,21H,17H2,1H3,(H,24,25). The molecule has 0 amide bonds. The van der Waals surface area contributed by atoms with Crippen LogP contribution < -0.4 is 0 Å². The average Bonchev–Trinajstić information content (AvgIpc) is 2.73. The fraction of sp³-hybridized carbons (Fsp3) is 0.174. The largest absolute Gasteiger partial charge is 0.479 e. The number of ether oxygens (including phenoxy) is 2. The minimum atomic E-state index is -1.13. The van der Waals surface area contributed by atoms with Crippen LogP contribution in [0.1, 0.15) is 16.7 Å². The van der Waals surface area contributed by atoms with Gasteiger partial charge < -0.3 is 14.6 Å². The van der Waals surface area contributed by atoms with Gasteiger partial charge in [0.15, 0.2) is 6.10 Å². The van der Waals surface area contributed by atoms with Gasteiger partial charge in [0.25, 0.3) is 0 Å². The van der Waals surface area contributed by atoms with Crippen molar-refractivity contribution in [1.82, 2.24) is 0 Å². The second-order valence-electron chi connectivity index (χ2n) is 6.18. The Morgan fingerprint density at radius 2 is 1.19 bits per heavy atom. The van der Waals surface area contributed by atoms with E-state index in [9.17, 15) is 9.90 Å². The second-order valence-corrected chi connectivity index (χ2v) is 6.18. The minimum Gasteiger partial charge on any atom is -0.479 e. The molecule has 1 atom stereocenters. The van der Waals surface area contributed by atoms with Crippen molar-refractivity contribution in [3.8, 4) is 0 Å². The predicted octanol–water partition coefficient (Wildman–Crippen LogP) is 4.09. The molecule has 0 radical (unpaired) electrons. The third-order valence-electron chi connectivity index (χ3n) is 4.45. The van der Waals surface area contributed by atoms with E-state index in [1.807, 2.05) is 91.0 Å². The van der Waals surface area contributed by atoms with E-state index in [1.54, 1.807) is 0 Å². The quantitative estimate of drug-likeness (QED) is 0.613. The molecule has 0 spiro atoms. The summed E-state index contributed by atoms with van der Waals surface area (Å²) in [6.07, 6.45) is -1.13. The van der Waals surface area contributed by atoms with Gasteiger partial charge >= 0.3 is 5.97 Å². The Labute approximate surface area is 159 Å². The summed E-state index contributed by atoms with van der Waals surface area (Å²) in [5.41, 5.74) is 1.48. The van der Waals surface area contributed by atoms with Gasteiger partial charge in [-0.25, -0.2) is 4.79 Å². The maximum Gasteiger partial charge on any atom is 0.335 e. The molecule has 1 N–H and O–H groups in total. The van der Waals surface area contributed by atoms with E-state index >= 15 is 0 Å². The highest BCUT2D eigenvalue weighted by atomic mass is 16.6. The van der Waals surface area contributed by atoms with Crippen molar-refractivity contribution in [2.75, 3.05) is 13.7 Å². The van der Waals surface area contributed by atoms with Crippen molar-refractivity contribution >= 4 is 5.97 Å². The smallest absolute Gasteiger partial charge is 0.335 e. The van der Waals surface area contributed by atoms with Crippen LogP contribution in [0.5, 0.6) is 0 Å². The first-order valence-corrected chi connectivity index (χ1v) is 8.74. The highest BCUT2D eigenvalue weighted by Gasteiger charge is 2.41. The molecule has 0 heterocycles. The molecule has 3 rings (SSSR count). The second kappa shape index (κ2) is 8.62. The molecule has 0 aliphatic heterocycles. The highest BCUT2D eigenvalue weighted by Crippen LogP contribution is 2.41. The summed E-state index contributed by atoms with van der Waals surface area (Å²) in [5.74, 6) is -1.07. The number of benzene rings is 3. The van der Waals surface area contributed by atoms with Gasteiger partial charge in [0, 0.05) is 7.11 Å². The lowest BCUT2D eigenvalue weighted by Crippen LogP contribution is -2.41. The molecular weight excluding hydrogens is 340 g/mol. The van der Waals surface area contributed by atoms with Gasteiger partial charge in [0.1, 0.15) is 5.60 Å². The van der Waals surface area contributed by atoms with Crippen molar-refractivity contribution < 1.29 is 19.4 Å². The number of hydrogen-bond acceptors (Lipinski definition) is 3. The lowest BCUT2D eigenvalue weighted by atomic mass is 9.80. The van der Waals surface area contributed by atoms with E-state index < -0.39 is 17.7 Å². The molecule has 138 valence electrons. The van der Waals surface area contributed by atoms with Crippen LogP contribution in [0.4, 0.5) is 0 Å². The van der Waals surface area contributed by atoms with E-state index in [0.717, 1.165) is 16.7 Å². The van der Waals surface area contributed by atoms with Gasteiger partial charge in [0.2, 0.25) is 0 Å². The summed E-state index contributed by atoms with van der Waals surface area (Å²) in [5, 5.41) is 9.70. The Morgan fingerprint density at radius 3 is 1.48 bits per heavy atom. The predicted molar refractivity (Wildman–Crippen MR) is 104 cm³/mol. The zero-order valence-electron chi connectivity index (χ0n) is 15.1. The third-order valence-corrected chi connectivity index (χ3v) is 4.45. The number of carbonyl (C=O) groups is 1. The molecule has 3 aromatic rings. The number of aliphatic carboxylic acids is 1. The highest BCUT2D eigenvalue weighted by molar-refractivity contribution is 5.72. The monoisotopic (exact) mass is 362 g/mol. The van der Waals surface area contributed by atoms with Crippen molar-refractivity contribution in [1.29, 1.82) is 0 Å². The Hall–Kier alpha value is -2.95. The molecular formula is C23H22O4. The van der Waals surface area contributed by atoms with Gasteiger partial charge in [-0.2, -0.15) is 0 Å². The summed E-state index contributed by atoms with van der Waals surface area (Å²) < 4.78 is 11.5. The third kappa shape index (κ3) is 3.92. The maximum atomic E-state index is 11.9. The molecule has 0 bridgehead atoms. The number of carboxylic acids is 1. The van der Waals surface area contributed by atoms with Crippen LogP contribution in [0.25, 0.3) is 0 Å². The van der Waals surface area contributed by atoms with Gasteiger partial charge in [-0.15, -0.1) is 0 Å². The molecule has 1 unspecified atom stereocenters. The van der Waals surface area contributed by atoms with Crippen LogP contribution in [-0.4, -0.2) is 30.9 Å².